The normalized spacial score (nSPS) is 18.4. The lowest BCUT2D eigenvalue weighted by atomic mass is 9.79. The van der Waals surface area contributed by atoms with Crippen molar-refractivity contribution in [3.05, 3.63) is 35.4 Å². The highest BCUT2D eigenvalue weighted by molar-refractivity contribution is 5.25. The molecule has 0 saturated heterocycles. The monoisotopic (exact) mass is 274 g/mol. The van der Waals surface area contributed by atoms with Crippen LogP contribution in [0, 0.1) is 6.92 Å². The fourth-order valence-electron chi connectivity index (χ4n) is 3.42. The minimum atomic E-state index is 0.401. The third kappa shape index (κ3) is 4.07. The van der Waals surface area contributed by atoms with Gasteiger partial charge in [0.25, 0.3) is 0 Å². The van der Waals surface area contributed by atoms with Crippen molar-refractivity contribution in [3.8, 4) is 0 Å². The zero-order chi connectivity index (χ0) is 14.4. The third-order valence-corrected chi connectivity index (χ3v) is 5.01. The van der Waals surface area contributed by atoms with Gasteiger partial charge in [-0.2, -0.15) is 0 Å². The van der Waals surface area contributed by atoms with Gasteiger partial charge in [0.05, 0.1) is 0 Å². The van der Waals surface area contributed by atoms with Gasteiger partial charge in [0.2, 0.25) is 0 Å². The van der Waals surface area contributed by atoms with Gasteiger partial charge in [-0.05, 0) is 58.0 Å². The summed E-state index contributed by atoms with van der Waals surface area (Å²) in [5.41, 5.74) is 3.26. The van der Waals surface area contributed by atoms with Gasteiger partial charge in [-0.3, -0.25) is 0 Å². The van der Waals surface area contributed by atoms with Crippen LogP contribution in [0.2, 0.25) is 0 Å². The molecule has 112 valence electrons. The van der Waals surface area contributed by atoms with Crippen LogP contribution in [0.3, 0.4) is 0 Å². The molecule has 0 bridgehead atoms. The largest absolute Gasteiger partial charge is 0.314 e. The second-order valence-corrected chi connectivity index (χ2v) is 6.51. The number of rotatable bonds is 6. The summed E-state index contributed by atoms with van der Waals surface area (Å²) >= 11 is 0. The average Bonchev–Trinajstić information content (AvgIpc) is 2.49. The predicted molar refractivity (Wildman–Crippen MR) is 87.0 cm³/mol. The Morgan fingerprint density at radius 2 is 1.85 bits per heavy atom. The van der Waals surface area contributed by atoms with E-state index in [9.17, 15) is 0 Å². The van der Waals surface area contributed by atoms with Crippen LogP contribution in [0.15, 0.2) is 24.3 Å². The standard InChI is InChI=1S/C18H30N2/c1-16-9-5-6-10-17(16)15-20(3)14-13-18(19-2)11-7-4-8-12-18/h5-6,9-10,19H,4,7-8,11-15H2,1-3H3. The Bertz CT molecular complexity index is 408. The summed E-state index contributed by atoms with van der Waals surface area (Å²) in [6.07, 6.45) is 8.17. The molecule has 1 aliphatic carbocycles. The molecular weight excluding hydrogens is 244 g/mol. The van der Waals surface area contributed by atoms with Crippen molar-refractivity contribution in [2.75, 3.05) is 20.6 Å². The minimum Gasteiger partial charge on any atom is -0.314 e. The van der Waals surface area contributed by atoms with Crippen molar-refractivity contribution < 1.29 is 0 Å². The van der Waals surface area contributed by atoms with E-state index in [1.54, 1.807) is 0 Å². The molecule has 0 aromatic heterocycles. The summed E-state index contributed by atoms with van der Waals surface area (Å²) < 4.78 is 0. The molecule has 1 N–H and O–H groups in total. The van der Waals surface area contributed by atoms with E-state index in [1.165, 1.54) is 56.2 Å². The van der Waals surface area contributed by atoms with Crippen LogP contribution in [0.25, 0.3) is 0 Å². The third-order valence-electron chi connectivity index (χ3n) is 5.01. The van der Waals surface area contributed by atoms with E-state index in [0.29, 0.717) is 5.54 Å². The van der Waals surface area contributed by atoms with Gasteiger partial charge >= 0.3 is 0 Å². The molecule has 2 rings (SSSR count). The maximum Gasteiger partial charge on any atom is 0.0233 e. The van der Waals surface area contributed by atoms with Crippen LogP contribution in [-0.2, 0) is 6.54 Å². The molecule has 0 heterocycles. The second kappa shape index (κ2) is 7.24. The zero-order valence-electron chi connectivity index (χ0n) is 13.4. The van der Waals surface area contributed by atoms with Crippen LogP contribution < -0.4 is 5.32 Å². The van der Waals surface area contributed by atoms with Crippen molar-refractivity contribution >= 4 is 0 Å². The fraction of sp³-hybridized carbons (Fsp3) is 0.667. The number of nitrogens with one attached hydrogen (secondary N) is 1. The molecule has 2 nitrogen and oxygen atoms in total. The molecule has 0 unspecified atom stereocenters. The molecule has 0 aliphatic heterocycles. The Morgan fingerprint density at radius 1 is 1.15 bits per heavy atom. The Labute approximate surface area is 124 Å². The van der Waals surface area contributed by atoms with E-state index in [1.807, 2.05) is 0 Å². The molecule has 1 aromatic rings. The Balaban J connectivity index is 1.85. The first-order valence-corrected chi connectivity index (χ1v) is 8.07. The fourth-order valence-corrected chi connectivity index (χ4v) is 3.42. The van der Waals surface area contributed by atoms with E-state index >= 15 is 0 Å². The van der Waals surface area contributed by atoms with Gasteiger partial charge in [-0.25, -0.2) is 0 Å². The summed E-state index contributed by atoms with van der Waals surface area (Å²) in [7, 11) is 4.39. The van der Waals surface area contributed by atoms with Crippen molar-refractivity contribution in [2.45, 2.75) is 57.5 Å². The smallest absolute Gasteiger partial charge is 0.0233 e. The van der Waals surface area contributed by atoms with Crippen molar-refractivity contribution in [1.29, 1.82) is 0 Å². The molecule has 0 radical (unpaired) electrons. The first kappa shape index (κ1) is 15.5. The van der Waals surface area contributed by atoms with E-state index in [2.05, 4.69) is 55.5 Å². The average molecular weight is 274 g/mol. The summed E-state index contributed by atoms with van der Waals surface area (Å²) in [6.45, 7) is 4.45. The van der Waals surface area contributed by atoms with Crippen LogP contribution in [0.5, 0.6) is 0 Å². The predicted octanol–water partition coefficient (Wildman–Crippen LogP) is 3.74. The van der Waals surface area contributed by atoms with Crippen molar-refractivity contribution in [2.24, 2.45) is 0 Å². The molecule has 1 aliphatic rings. The lowest BCUT2D eigenvalue weighted by Crippen LogP contribution is -2.46. The van der Waals surface area contributed by atoms with Crippen molar-refractivity contribution in [3.63, 3.8) is 0 Å². The van der Waals surface area contributed by atoms with Crippen molar-refractivity contribution in [1.82, 2.24) is 10.2 Å². The van der Waals surface area contributed by atoms with Gasteiger partial charge in [-0.1, -0.05) is 43.5 Å². The summed E-state index contributed by atoms with van der Waals surface area (Å²) in [4.78, 5) is 2.47. The highest BCUT2D eigenvalue weighted by Crippen LogP contribution is 2.30. The van der Waals surface area contributed by atoms with E-state index < -0.39 is 0 Å². The lowest BCUT2D eigenvalue weighted by molar-refractivity contribution is 0.194. The highest BCUT2D eigenvalue weighted by atomic mass is 15.1. The molecule has 2 heteroatoms. The van der Waals surface area contributed by atoms with Gasteiger partial charge in [0.15, 0.2) is 0 Å². The quantitative estimate of drug-likeness (QED) is 0.850. The molecule has 1 fully saturated rings. The molecule has 0 spiro atoms. The maximum atomic E-state index is 3.62. The SMILES string of the molecule is CNC1(CCN(C)Cc2ccccc2C)CCCCC1. The molecule has 0 atom stereocenters. The Hall–Kier alpha value is -0.860. The molecule has 1 saturated carbocycles. The van der Waals surface area contributed by atoms with Crippen LogP contribution in [-0.4, -0.2) is 31.1 Å². The Kier molecular flexibility index (Phi) is 5.62. The number of hydrogen-bond acceptors (Lipinski definition) is 2. The number of benzene rings is 1. The van der Waals surface area contributed by atoms with Gasteiger partial charge in [0.1, 0.15) is 0 Å². The van der Waals surface area contributed by atoms with Crippen LogP contribution in [0.1, 0.15) is 49.7 Å². The molecular formula is C18H30N2. The van der Waals surface area contributed by atoms with Gasteiger partial charge in [0, 0.05) is 12.1 Å². The van der Waals surface area contributed by atoms with Crippen LogP contribution >= 0.6 is 0 Å². The van der Waals surface area contributed by atoms with E-state index in [-0.39, 0.29) is 0 Å². The Morgan fingerprint density at radius 3 is 2.50 bits per heavy atom. The minimum absolute atomic E-state index is 0.401. The van der Waals surface area contributed by atoms with Gasteiger partial charge in [-0.15, -0.1) is 0 Å². The topological polar surface area (TPSA) is 15.3 Å². The number of hydrogen-bond donors (Lipinski definition) is 1. The second-order valence-electron chi connectivity index (χ2n) is 6.51. The molecule has 20 heavy (non-hydrogen) atoms. The molecule has 0 amide bonds. The van der Waals surface area contributed by atoms with E-state index in [4.69, 9.17) is 0 Å². The summed E-state index contributed by atoms with van der Waals surface area (Å²) in [5.74, 6) is 0. The lowest BCUT2D eigenvalue weighted by Gasteiger charge is -2.38. The number of aryl methyl sites for hydroxylation is 1. The summed E-state index contributed by atoms with van der Waals surface area (Å²) in [5, 5.41) is 3.62. The zero-order valence-corrected chi connectivity index (χ0v) is 13.4. The van der Waals surface area contributed by atoms with Gasteiger partial charge < -0.3 is 10.2 Å². The first-order valence-electron chi connectivity index (χ1n) is 8.07. The maximum absolute atomic E-state index is 3.62. The molecule has 1 aromatic carbocycles. The summed E-state index contributed by atoms with van der Waals surface area (Å²) in [6, 6.07) is 8.73. The highest BCUT2D eigenvalue weighted by Gasteiger charge is 2.29. The van der Waals surface area contributed by atoms with Crippen LogP contribution in [0.4, 0.5) is 0 Å². The van der Waals surface area contributed by atoms with E-state index in [0.717, 1.165) is 6.54 Å². The number of nitrogens with zero attached hydrogens (tertiary/aromatic N) is 1. The first-order chi connectivity index (χ1) is 9.65.